The zero-order chi connectivity index (χ0) is 12.4. The van der Waals surface area contributed by atoms with Gasteiger partial charge < -0.3 is 14.6 Å². The molecule has 1 aromatic heterocycles. The Hall–Kier alpha value is -1.17. The van der Waals surface area contributed by atoms with Crippen LogP contribution in [0.4, 0.5) is 0 Å². The largest absolute Gasteiger partial charge is 0.486 e. The lowest BCUT2D eigenvalue weighted by Crippen LogP contribution is -2.15. The molecule has 2 heterocycles. The molecule has 0 atom stereocenters. The molecule has 94 valence electrons. The van der Waals surface area contributed by atoms with Crippen LogP contribution in [-0.2, 0) is 6.61 Å². The second kappa shape index (κ2) is 5.22. The molecular weight excluding hydrogens is 268 g/mol. The summed E-state index contributed by atoms with van der Waals surface area (Å²) < 4.78 is 12.2. The third kappa shape index (κ3) is 2.48. The molecule has 0 bridgehead atoms. The standard InChI is InChI=1S/C13H12O3S2/c14-8-10-2-4-13(18-10)17-9-1-3-11-12(7-9)16-6-5-15-11/h1-4,7,14H,5-6,8H2. The average Bonchev–Trinajstić information content (AvgIpc) is 2.86. The van der Waals surface area contributed by atoms with Crippen molar-refractivity contribution in [1.29, 1.82) is 0 Å². The molecule has 0 radical (unpaired) electrons. The maximum atomic E-state index is 9.04. The van der Waals surface area contributed by atoms with Crippen LogP contribution >= 0.6 is 23.1 Å². The summed E-state index contributed by atoms with van der Waals surface area (Å²) in [5.41, 5.74) is 0. The Labute approximate surface area is 113 Å². The van der Waals surface area contributed by atoms with E-state index in [2.05, 4.69) is 0 Å². The minimum atomic E-state index is 0.104. The molecule has 0 saturated carbocycles. The molecule has 0 fully saturated rings. The van der Waals surface area contributed by atoms with Gasteiger partial charge in [0.05, 0.1) is 10.8 Å². The van der Waals surface area contributed by atoms with Crippen LogP contribution in [-0.4, -0.2) is 18.3 Å². The minimum absolute atomic E-state index is 0.104. The van der Waals surface area contributed by atoms with Crippen LogP contribution < -0.4 is 9.47 Å². The maximum Gasteiger partial charge on any atom is 0.162 e. The zero-order valence-corrected chi connectivity index (χ0v) is 11.2. The molecule has 0 amide bonds. The van der Waals surface area contributed by atoms with Gasteiger partial charge in [-0.1, -0.05) is 11.8 Å². The maximum absolute atomic E-state index is 9.04. The lowest BCUT2D eigenvalue weighted by atomic mass is 10.3. The highest BCUT2D eigenvalue weighted by molar-refractivity contribution is 8.01. The number of aliphatic hydroxyl groups excluding tert-OH is 1. The van der Waals surface area contributed by atoms with Crippen molar-refractivity contribution in [2.24, 2.45) is 0 Å². The highest BCUT2D eigenvalue weighted by atomic mass is 32.2. The molecule has 1 aromatic carbocycles. The first-order chi connectivity index (χ1) is 8.85. The van der Waals surface area contributed by atoms with Gasteiger partial charge in [-0.3, -0.25) is 0 Å². The van der Waals surface area contributed by atoms with Gasteiger partial charge in [-0.2, -0.15) is 0 Å². The number of ether oxygens (including phenoxy) is 2. The molecule has 0 saturated heterocycles. The summed E-state index contributed by atoms with van der Waals surface area (Å²) in [5, 5.41) is 9.04. The van der Waals surface area contributed by atoms with Crippen LogP contribution in [0.1, 0.15) is 4.88 Å². The number of thiophene rings is 1. The molecule has 2 aromatic rings. The van der Waals surface area contributed by atoms with Crippen molar-refractivity contribution in [2.45, 2.75) is 15.7 Å². The fraction of sp³-hybridized carbons (Fsp3) is 0.231. The predicted octanol–water partition coefficient (Wildman–Crippen LogP) is 3.16. The molecule has 3 nitrogen and oxygen atoms in total. The van der Waals surface area contributed by atoms with Gasteiger partial charge in [-0.25, -0.2) is 0 Å². The number of rotatable bonds is 3. The summed E-state index contributed by atoms with van der Waals surface area (Å²) in [4.78, 5) is 2.10. The van der Waals surface area contributed by atoms with E-state index in [0.29, 0.717) is 13.2 Å². The fourth-order valence-corrected chi connectivity index (χ4v) is 3.74. The van der Waals surface area contributed by atoms with Crippen molar-refractivity contribution in [3.05, 3.63) is 35.2 Å². The van der Waals surface area contributed by atoms with Gasteiger partial charge in [0.2, 0.25) is 0 Å². The van der Waals surface area contributed by atoms with E-state index in [4.69, 9.17) is 14.6 Å². The molecule has 1 N–H and O–H groups in total. The summed E-state index contributed by atoms with van der Waals surface area (Å²) in [7, 11) is 0. The van der Waals surface area contributed by atoms with E-state index in [1.807, 2.05) is 30.3 Å². The van der Waals surface area contributed by atoms with Crippen molar-refractivity contribution in [3.8, 4) is 11.5 Å². The van der Waals surface area contributed by atoms with Crippen LogP contribution in [0.2, 0.25) is 0 Å². The van der Waals surface area contributed by atoms with E-state index < -0.39 is 0 Å². The first kappa shape index (κ1) is 11.9. The smallest absolute Gasteiger partial charge is 0.162 e. The van der Waals surface area contributed by atoms with E-state index in [1.165, 1.54) is 0 Å². The molecule has 5 heteroatoms. The van der Waals surface area contributed by atoms with Crippen LogP contribution in [0.25, 0.3) is 0 Å². The molecule has 1 aliphatic rings. The summed E-state index contributed by atoms with van der Waals surface area (Å²) in [6.45, 7) is 1.32. The van der Waals surface area contributed by atoms with E-state index in [9.17, 15) is 0 Å². The summed E-state index contributed by atoms with van der Waals surface area (Å²) in [5.74, 6) is 1.62. The van der Waals surface area contributed by atoms with Gasteiger partial charge in [0.15, 0.2) is 11.5 Å². The molecular formula is C13H12O3S2. The quantitative estimate of drug-likeness (QED) is 0.937. The number of fused-ring (bicyclic) bond motifs is 1. The van der Waals surface area contributed by atoms with E-state index in [-0.39, 0.29) is 6.61 Å². The predicted molar refractivity (Wildman–Crippen MR) is 71.8 cm³/mol. The van der Waals surface area contributed by atoms with E-state index in [0.717, 1.165) is 25.5 Å². The van der Waals surface area contributed by atoms with Crippen molar-refractivity contribution >= 4 is 23.1 Å². The van der Waals surface area contributed by atoms with Gasteiger partial charge in [0, 0.05) is 9.77 Å². The summed E-state index contributed by atoms with van der Waals surface area (Å²) >= 11 is 3.27. The Morgan fingerprint density at radius 1 is 1.11 bits per heavy atom. The fourth-order valence-electron chi connectivity index (χ4n) is 1.70. The average molecular weight is 280 g/mol. The topological polar surface area (TPSA) is 38.7 Å². The van der Waals surface area contributed by atoms with E-state index >= 15 is 0 Å². The minimum Gasteiger partial charge on any atom is -0.486 e. The number of benzene rings is 1. The Morgan fingerprint density at radius 3 is 2.72 bits per heavy atom. The van der Waals surface area contributed by atoms with Crippen molar-refractivity contribution in [1.82, 2.24) is 0 Å². The summed E-state index contributed by atoms with van der Waals surface area (Å²) in [6, 6.07) is 9.94. The SMILES string of the molecule is OCc1ccc(Sc2ccc3c(c2)OCCO3)s1. The second-order valence-electron chi connectivity index (χ2n) is 3.79. The number of aliphatic hydroxyl groups is 1. The monoisotopic (exact) mass is 280 g/mol. The van der Waals surface area contributed by atoms with Gasteiger partial charge in [0.1, 0.15) is 13.2 Å². The van der Waals surface area contributed by atoms with E-state index in [1.54, 1.807) is 23.1 Å². The normalized spacial score (nSPS) is 13.6. The van der Waals surface area contributed by atoms with Crippen LogP contribution in [0.5, 0.6) is 11.5 Å². The molecule has 0 aliphatic carbocycles. The Bertz CT molecular complexity index is 551. The lowest BCUT2D eigenvalue weighted by molar-refractivity contribution is 0.171. The van der Waals surface area contributed by atoms with Crippen molar-refractivity contribution < 1.29 is 14.6 Å². The van der Waals surface area contributed by atoms with Gasteiger partial charge in [-0.05, 0) is 30.3 Å². The van der Waals surface area contributed by atoms with Crippen LogP contribution in [0.15, 0.2) is 39.4 Å². The first-order valence-corrected chi connectivity index (χ1v) is 7.25. The zero-order valence-electron chi connectivity index (χ0n) is 9.59. The Kier molecular flexibility index (Phi) is 3.45. The molecule has 3 rings (SSSR count). The molecule has 0 spiro atoms. The first-order valence-electron chi connectivity index (χ1n) is 5.62. The second-order valence-corrected chi connectivity index (χ2v) is 6.33. The third-order valence-corrected chi connectivity index (χ3v) is 4.72. The Morgan fingerprint density at radius 2 is 1.94 bits per heavy atom. The van der Waals surface area contributed by atoms with Gasteiger partial charge in [-0.15, -0.1) is 11.3 Å². The molecule has 18 heavy (non-hydrogen) atoms. The van der Waals surface area contributed by atoms with Crippen molar-refractivity contribution in [3.63, 3.8) is 0 Å². The lowest BCUT2D eigenvalue weighted by Gasteiger charge is -2.18. The number of hydrogen-bond donors (Lipinski definition) is 1. The molecule has 0 unspecified atom stereocenters. The van der Waals surface area contributed by atoms with Crippen LogP contribution in [0.3, 0.4) is 0 Å². The number of hydrogen-bond acceptors (Lipinski definition) is 5. The Balaban J connectivity index is 1.80. The van der Waals surface area contributed by atoms with Crippen molar-refractivity contribution in [2.75, 3.05) is 13.2 Å². The van der Waals surface area contributed by atoms with Gasteiger partial charge >= 0.3 is 0 Å². The summed E-state index contributed by atoms with van der Waals surface area (Å²) in [6.07, 6.45) is 0. The van der Waals surface area contributed by atoms with Crippen LogP contribution in [0, 0.1) is 0 Å². The third-order valence-electron chi connectivity index (χ3n) is 2.52. The molecule has 1 aliphatic heterocycles. The van der Waals surface area contributed by atoms with Gasteiger partial charge in [0.25, 0.3) is 0 Å². The highest BCUT2D eigenvalue weighted by Gasteiger charge is 2.12. The highest BCUT2D eigenvalue weighted by Crippen LogP contribution is 2.38.